The van der Waals surface area contributed by atoms with E-state index in [-0.39, 0.29) is 11.5 Å². The predicted octanol–water partition coefficient (Wildman–Crippen LogP) is 2.59. The minimum Gasteiger partial charge on any atom is -0.385 e. The molecular weight excluding hydrogens is 245 g/mol. The second kappa shape index (κ2) is 6.57. The minimum atomic E-state index is -0.557. The fourth-order valence-electron chi connectivity index (χ4n) is 1.41. The number of methoxy groups -OCH3 is 1. The van der Waals surface area contributed by atoms with Gasteiger partial charge < -0.3 is 9.64 Å². The Morgan fingerprint density at radius 3 is 2.88 bits per heavy atom. The third-order valence-corrected chi connectivity index (χ3v) is 2.58. The molecule has 0 saturated heterocycles. The molecular formula is C12H15ClFNO2. The zero-order valence-electron chi connectivity index (χ0n) is 9.87. The van der Waals surface area contributed by atoms with Crippen LogP contribution >= 0.6 is 11.6 Å². The van der Waals surface area contributed by atoms with Crippen LogP contribution in [0.15, 0.2) is 18.2 Å². The first kappa shape index (κ1) is 13.9. The molecule has 0 unspecified atom stereocenters. The largest absolute Gasteiger partial charge is 0.385 e. The molecule has 0 aliphatic heterocycles. The average molecular weight is 260 g/mol. The van der Waals surface area contributed by atoms with Gasteiger partial charge in [0.2, 0.25) is 0 Å². The molecule has 17 heavy (non-hydrogen) atoms. The number of carbonyl (C=O) groups is 1. The van der Waals surface area contributed by atoms with Crippen molar-refractivity contribution in [2.24, 2.45) is 0 Å². The van der Waals surface area contributed by atoms with Crippen molar-refractivity contribution in [1.82, 2.24) is 4.90 Å². The van der Waals surface area contributed by atoms with E-state index >= 15 is 0 Å². The summed E-state index contributed by atoms with van der Waals surface area (Å²) in [5.41, 5.74) is -0.00239. The number of ether oxygens (including phenoxy) is 1. The van der Waals surface area contributed by atoms with Crippen molar-refractivity contribution in [3.05, 3.63) is 34.6 Å². The Labute approximate surface area is 105 Å². The molecule has 0 bridgehead atoms. The number of benzene rings is 1. The maximum Gasteiger partial charge on any atom is 0.256 e. The number of hydrogen-bond acceptors (Lipinski definition) is 2. The summed E-state index contributed by atoms with van der Waals surface area (Å²) in [5.74, 6) is -0.931. The van der Waals surface area contributed by atoms with Crippen LogP contribution in [0, 0.1) is 5.82 Å². The molecule has 1 rings (SSSR count). The van der Waals surface area contributed by atoms with Crippen LogP contribution in [0.2, 0.25) is 5.02 Å². The number of hydrogen-bond donors (Lipinski definition) is 0. The Balaban J connectivity index is 2.71. The maximum atomic E-state index is 13.4. The van der Waals surface area contributed by atoms with Gasteiger partial charge >= 0.3 is 0 Å². The summed E-state index contributed by atoms with van der Waals surface area (Å²) in [5, 5.41) is 0.347. The number of nitrogens with zero attached hydrogens (tertiary/aromatic N) is 1. The monoisotopic (exact) mass is 259 g/mol. The molecule has 0 heterocycles. The van der Waals surface area contributed by atoms with Crippen LogP contribution in [0.5, 0.6) is 0 Å². The lowest BCUT2D eigenvalue weighted by Crippen LogP contribution is -2.29. The first-order valence-corrected chi connectivity index (χ1v) is 5.63. The van der Waals surface area contributed by atoms with Crippen molar-refractivity contribution in [3.8, 4) is 0 Å². The molecule has 1 aromatic carbocycles. The topological polar surface area (TPSA) is 29.5 Å². The molecule has 0 aliphatic carbocycles. The number of rotatable bonds is 5. The summed E-state index contributed by atoms with van der Waals surface area (Å²) in [6.07, 6.45) is 0.709. The molecule has 0 fully saturated rings. The zero-order valence-corrected chi connectivity index (χ0v) is 10.6. The van der Waals surface area contributed by atoms with Gasteiger partial charge in [-0.05, 0) is 24.6 Å². The highest BCUT2D eigenvalue weighted by atomic mass is 35.5. The molecule has 94 valence electrons. The van der Waals surface area contributed by atoms with Crippen molar-refractivity contribution in [2.75, 3.05) is 27.3 Å². The summed E-state index contributed by atoms with van der Waals surface area (Å²) in [4.78, 5) is 13.4. The Bertz CT molecular complexity index is 398. The van der Waals surface area contributed by atoms with Crippen LogP contribution in [0.1, 0.15) is 16.8 Å². The summed E-state index contributed by atoms with van der Waals surface area (Å²) < 4.78 is 18.3. The molecule has 3 nitrogen and oxygen atoms in total. The summed E-state index contributed by atoms with van der Waals surface area (Å²) in [6.45, 7) is 1.08. The van der Waals surface area contributed by atoms with Crippen molar-refractivity contribution in [3.63, 3.8) is 0 Å². The Morgan fingerprint density at radius 1 is 1.53 bits per heavy atom. The fourth-order valence-corrected chi connectivity index (χ4v) is 1.59. The third-order valence-electron chi connectivity index (χ3n) is 2.35. The third kappa shape index (κ3) is 3.98. The predicted molar refractivity (Wildman–Crippen MR) is 64.9 cm³/mol. The Hall–Kier alpha value is -1.13. The van der Waals surface area contributed by atoms with E-state index in [9.17, 15) is 9.18 Å². The molecule has 1 aromatic rings. The van der Waals surface area contributed by atoms with Gasteiger partial charge in [0, 0.05) is 32.3 Å². The highest BCUT2D eigenvalue weighted by Crippen LogP contribution is 2.16. The van der Waals surface area contributed by atoms with Crippen LogP contribution in [-0.2, 0) is 4.74 Å². The highest BCUT2D eigenvalue weighted by Gasteiger charge is 2.16. The van der Waals surface area contributed by atoms with Crippen LogP contribution in [0.3, 0.4) is 0 Å². The molecule has 1 amide bonds. The van der Waals surface area contributed by atoms with E-state index in [1.54, 1.807) is 14.2 Å². The van der Waals surface area contributed by atoms with E-state index in [0.29, 0.717) is 24.6 Å². The molecule has 0 saturated carbocycles. The highest BCUT2D eigenvalue weighted by molar-refractivity contribution is 6.30. The second-order valence-corrected chi connectivity index (χ2v) is 4.13. The summed E-state index contributed by atoms with van der Waals surface area (Å²) in [6, 6.07) is 3.95. The van der Waals surface area contributed by atoms with E-state index < -0.39 is 5.82 Å². The lowest BCUT2D eigenvalue weighted by atomic mass is 10.2. The van der Waals surface area contributed by atoms with E-state index in [2.05, 4.69) is 0 Å². The number of amides is 1. The molecule has 0 N–H and O–H groups in total. The normalized spacial score (nSPS) is 10.4. The van der Waals surface area contributed by atoms with Gasteiger partial charge in [-0.15, -0.1) is 0 Å². The van der Waals surface area contributed by atoms with E-state index in [0.717, 1.165) is 0 Å². The quantitative estimate of drug-likeness (QED) is 0.761. The molecule has 0 radical (unpaired) electrons. The van der Waals surface area contributed by atoms with Crippen LogP contribution < -0.4 is 0 Å². The van der Waals surface area contributed by atoms with Gasteiger partial charge in [0.15, 0.2) is 0 Å². The van der Waals surface area contributed by atoms with Crippen LogP contribution in [-0.4, -0.2) is 38.1 Å². The zero-order chi connectivity index (χ0) is 12.8. The summed E-state index contributed by atoms with van der Waals surface area (Å²) in [7, 11) is 3.22. The van der Waals surface area contributed by atoms with Gasteiger partial charge in [-0.2, -0.15) is 0 Å². The van der Waals surface area contributed by atoms with Crippen LogP contribution in [0.25, 0.3) is 0 Å². The maximum absolute atomic E-state index is 13.4. The second-order valence-electron chi connectivity index (χ2n) is 3.70. The first-order valence-electron chi connectivity index (χ1n) is 5.25. The molecule has 0 atom stereocenters. The van der Waals surface area contributed by atoms with Gasteiger partial charge in [-0.3, -0.25) is 4.79 Å². The van der Waals surface area contributed by atoms with E-state index in [4.69, 9.17) is 16.3 Å². The molecule has 5 heteroatoms. The van der Waals surface area contributed by atoms with Crippen LogP contribution in [0.4, 0.5) is 4.39 Å². The Morgan fingerprint density at radius 2 is 2.24 bits per heavy atom. The lowest BCUT2D eigenvalue weighted by Gasteiger charge is -2.17. The standard InChI is InChI=1S/C12H15ClFNO2/c1-15(6-3-7-17-2)12(16)10-8-9(13)4-5-11(10)14/h4-5,8H,3,6-7H2,1-2H3. The minimum absolute atomic E-state index is 0.00239. The van der Waals surface area contributed by atoms with E-state index in [1.165, 1.54) is 23.1 Å². The van der Waals surface area contributed by atoms with Crippen molar-refractivity contribution < 1.29 is 13.9 Å². The molecule has 0 spiro atoms. The lowest BCUT2D eigenvalue weighted by molar-refractivity contribution is 0.0775. The van der Waals surface area contributed by atoms with Gasteiger partial charge in [0.05, 0.1) is 5.56 Å². The number of carbonyl (C=O) groups excluding carboxylic acids is 1. The van der Waals surface area contributed by atoms with Crippen molar-refractivity contribution in [2.45, 2.75) is 6.42 Å². The van der Waals surface area contributed by atoms with Gasteiger partial charge in [0.1, 0.15) is 5.82 Å². The summed E-state index contributed by atoms with van der Waals surface area (Å²) >= 11 is 5.73. The van der Waals surface area contributed by atoms with Crippen molar-refractivity contribution in [1.29, 1.82) is 0 Å². The van der Waals surface area contributed by atoms with Gasteiger partial charge in [-0.1, -0.05) is 11.6 Å². The smallest absolute Gasteiger partial charge is 0.256 e. The molecule has 0 aliphatic rings. The van der Waals surface area contributed by atoms with E-state index in [1.807, 2.05) is 0 Å². The SMILES string of the molecule is COCCCN(C)C(=O)c1cc(Cl)ccc1F. The molecule has 0 aromatic heterocycles. The number of halogens is 2. The van der Waals surface area contributed by atoms with Gasteiger partial charge in [-0.25, -0.2) is 4.39 Å². The van der Waals surface area contributed by atoms with Crippen molar-refractivity contribution >= 4 is 17.5 Å². The van der Waals surface area contributed by atoms with Gasteiger partial charge in [0.25, 0.3) is 5.91 Å². The fraction of sp³-hybridized carbons (Fsp3) is 0.417. The Kier molecular flexibility index (Phi) is 5.38. The average Bonchev–Trinajstić information content (AvgIpc) is 2.31. The first-order chi connectivity index (χ1) is 8.06.